The zero-order valence-electron chi connectivity index (χ0n) is 12.6. The van der Waals surface area contributed by atoms with Crippen LogP contribution in [0.3, 0.4) is 0 Å². The van der Waals surface area contributed by atoms with Gasteiger partial charge < -0.3 is 29.9 Å². The molecule has 0 radical (unpaired) electrons. The molecule has 1 aliphatic rings. The number of hydrogen-bond acceptors (Lipinski definition) is 6. The molecule has 0 aliphatic carbocycles. The normalized spacial score (nSPS) is 31.8. The molecule has 1 aliphatic heterocycles. The Morgan fingerprint density at radius 1 is 1.17 bits per heavy atom. The number of carboxylic acid groups (broad SMARTS) is 1. The summed E-state index contributed by atoms with van der Waals surface area (Å²) >= 11 is 0. The Morgan fingerprint density at radius 2 is 1.83 bits per heavy atom. The van der Waals surface area contributed by atoms with Crippen LogP contribution in [0.25, 0.3) is 6.08 Å². The van der Waals surface area contributed by atoms with E-state index in [4.69, 9.17) is 14.6 Å². The van der Waals surface area contributed by atoms with E-state index >= 15 is 0 Å². The summed E-state index contributed by atoms with van der Waals surface area (Å²) in [6.45, 7) is 1.88. The molecule has 7 heteroatoms. The highest BCUT2D eigenvalue weighted by molar-refractivity contribution is 5.73. The zero-order chi connectivity index (χ0) is 17.0. The molecule has 1 saturated heterocycles. The monoisotopic (exact) mass is 324 g/mol. The van der Waals surface area contributed by atoms with Crippen molar-refractivity contribution in [3.8, 4) is 0 Å². The third-order valence-electron chi connectivity index (χ3n) is 3.50. The van der Waals surface area contributed by atoms with Crippen LogP contribution in [-0.2, 0) is 14.3 Å². The number of hydrogen-bond donors (Lipinski definition) is 4. The maximum absolute atomic E-state index is 11.0. The largest absolute Gasteiger partial charge is 0.479 e. The summed E-state index contributed by atoms with van der Waals surface area (Å²) in [4.78, 5) is 11.0. The molecule has 5 unspecified atom stereocenters. The van der Waals surface area contributed by atoms with E-state index in [1.165, 1.54) is 0 Å². The number of benzene rings is 1. The van der Waals surface area contributed by atoms with E-state index in [1.54, 1.807) is 0 Å². The first-order valence-electron chi connectivity index (χ1n) is 7.16. The van der Waals surface area contributed by atoms with Gasteiger partial charge in [-0.05, 0) is 18.1 Å². The Labute approximate surface area is 133 Å². The van der Waals surface area contributed by atoms with E-state index in [0.29, 0.717) is 0 Å². The minimum atomic E-state index is -1.72. The lowest BCUT2D eigenvalue weighted by molar-refractivity contribution is -0.291. The highest BCUT2D eigenvalue weighted by Gasteiger charge is 2.47. The van der Waals surface area contributed by atoms with Crippen molar-refractivity contribution >= 4 is 12.0 Å². The van der Waals surface area contributed by atoms with Crippen LogP contribution < -0.4 is 0 Å². The molecule has 1 aromatic carbocycles. The third-order valence-corrected chi connectivity index (χ3v) is 3.50. The van der Waals surface area contributed by atoms with Gasteiger partial charge in [0, 0.05) is 0 Å². The quantitative estimate of drug-likeness (QED) is 0.602. The molecule has 7 nitrogen and oxygen atoms in total. The molecular weight excluding hydrogens is 304 g/mol. The third kappa shape index (κ3) is 4.37. The lowest BCUT2D eigenvalue weighted by atomic mass is 9.99. The van der Waals surface area contributed by atoms with Crippen LogP contribution in [0, 0.1) is 0 Å². The number of aliphatic hydroxyl groups is 3. The van der Waals surface area contributed by atoms with E-state index < -0.39 is 36.7 Å². The van der Waals surface area contributed by atoms with Crippen LogP contribution in [0.1, 0.15) is 12.5 Å². The standard InChI is InChI=1S/C16H20O7/c1-9(7-10-5-3-2-4-6-10)8-22-16-13(19)11(17)12(18)14(23-16)15(20)21/h2-7,11-14,16-19H,8H2,1H3,(H,20,21)/b9-7+. The number of aliphatic hydroxyl groups excluding tert-OH is 3. The first kappa shape index (κ1) is 17.6. The van der Waals surface area contributed by atoms with Gasteiger partial charge in [0.1, 0.15) is 18.3 Å². The van der Waals surface area contributed by atoms with Crippen molar-refractivity contribution in [1.29, 1.82) is 0 Å². The second-order valence-electron chi connectivity index (χ2n) is 5.45. The van der Waals surface area contributed by atoms with Gasteiger partial charge in [0.15, 0.2) is 12.4 Å². The minimum absolute atomic E-state index is 0.0752. The summed E-state index contributed by atoms with van der Waals surface area (Å²) in [6, 6.07) is 9.51. The Hall–Kier alpha value is -1.77. The fraction of sp³-hybridized carbons (Fsp3) is 0.438. The summed E-state index contributed by atoms with van der Waals surface area (Å²) < 4.78 is 10.4. The lowest BCUT2D eigenvalue weighted by Crippen LogP contribution is -2.60. The summed E-state index contributed by atoms with van der Waals surface area (Å²) in [5, 5.41) is 38.1. The molecule has 0 amide bonds. The molecule has 1 heterocycles. The molecule has 0 bridgehead atoms. The summed E-state index contributed by atoms with van der Waals surface area (Å²) in [7, 11) is 0. The Balaban J connectivity index is 1.98. The van der Waals surface area contributed by atoms with Gasteiger partial charge >= 0.3 is 5.97 Å². The smallest absolute Gasteiger partial charge is 0.335 e. The van der Waals surface area contributed by atoms with Gasteiger partial charge in [-0.3, -0.25) is 0 Å². The fourth-order valence-electron chi connectivity index (χ4n) is 2.28. The van der Waals surface area contributed by atoms with E-state index in [1.807, 2.05) is 43.3 Å². The number of aliphatic carboxylic acids is 1. The molecule has 0 saturated carbocycles. The van der Waals surface area contributed by atoms with Gasteiger partial charge in [-0.15, -0.1) is 0 Å². The number of carbonyl (C=O) groups is 1. The molecule has 5 atom stereocenters. The van der Waals surface area contributed by atoms with E-state index in [9.17, 15) is 20.1 Å². The van der Waals surface area contributed by atoms with E-state index in [2.05, 4.69) is 0 Å². The van der Waals surface area contributed by atoms with Crippen LogP contribution >= 0.6 is 0 Å². The Bertz CT molecular complexity index is 557. The van der Waals surface area contributed by atoms with E-state index in [0.717, 1.165) is 11.1 Å². The van der Waals surface area contributed by atoms with Crippen LogP contribution in [0.4, 0.5) is 0 Å². The Kier molecular flexibility index (Phi) is 5.86. The second-order valence-corrected chi connectivity index (χ2v) is 5.45. The van der Waals surface area contributed by atoms with Crippen LogP contribution in [0.15, 0.2) is 35.9 Å². The highest BCUT2D eigenvalue weighted by atomic mass is 16.7. The van der Waals surface area contributed by atoms with E-state index in [-0.39, 0.29) is 6.61 Å². The number of ether oxygens (including phenoxy) is 2. The predicted molar refractivity (Wildman–Crippen MR) is 80.4 cm³/mol. The van der Waals surface area contributed by atoms with Crippen molar-refractivity contribution in [3.63, 3.8) is 0 Å². The maximum Gasteiger partial charge on any atom is 0.335 e. The highest BCUT2D eigenvalue weighted by Crippen LogP contribution is 2.23. The van der Waals surface area contributed by atoms with Crippen molar-refractivity contribution in [2.45, 2.75) is 37.6 Å². The number of rotatable bonds is 5. The minimum Gasteiger partial charge on any atom is -0.479 e. The molecule has 1 fully saturated rings. The van der Waals surface area contributed by atoms with Gasteiger partial charge in [0.25, 0.3) is 0 Å². The zero-order valence-corrected chi connectivity index (χ0v) is 12.6. The molecule has 126 valence electrons. The molecular formula is C16H20O7. The first-order chi connectivity index (χ1) is 10.9. The van der Waals surface area contributed by atoms with Gasteiger partial charge in [-0.25, -0.2) is 4.79 Å². The maximum atomic E-state index is 11.0. The molecule has 1 aromatic rings. The molecule has 4 N–H and O–H groups in total. The van der Waals surface area contributed by atoms with Gasteiger partial charge in [-0.1, -0.05) is 36.4 Å². The predicted octanol–water partition coefficient (Wildman–Crippen LogP) is -0.00130. The average molecular weight is 324 g/mol. The summed E-state index contributed by atoms with van der Waals surface area (Å²) in [5.41, 5.74) is 1.79. The summed E-state index contributed by atoms with van der Waals surface area (Å²) in [5.74, 6) is -1.44. The average Bonchev–Trinajstić information content (AvgIpc) is 2.52. The van der Waals surface area contributed by atoms with Crippen molar-refractivity contribution in [1.82, 2.24) is 0 Å². The van der Waals surface area contributed by atoms with Crippen molar-refractivity contribution in [3.05, 3.63) is 41.5 Å². The van der Waals surface area contributed by atoms with Crippen molar-refractivity contribution in [2.75, 3.05) is 6.61 Å². The molecule has 23 heavy (non-hydrogen) atoms. The molecule has 0 spiro atoms. The van der Waals surface area contributed by atoms with Crippen LogP contribution in [0.5, 0.6) is 0 Å². The van der Waals surface area contributed by atoms with Gasteiger partial charge in [0.05, 0.1) is 6.61 Å². The summed E-state index contributed by atoms with van der Waals surface area (Å²) in [6.07, 6.45) is -6.04. The fourth-order valence-corrected chi connectivity index (χ4v) is 2.28. The van der Waals surface area contributed by atoms with Crippen LogP contribution in [-0.4, -0.2) is 63.7 Å². The van der Waals surface area contributed by atoms with Crippen LogP contribution in [0.2, 0.25) is 0 Å². The molecule has 0 aromatic heterocycles. The SMILES string of the molecule is C/C(=C\c1ccccc1)COC1OC(C(=O)O)C(O)C(O)C1O. The van der Waals surface area contributed by atoms with Gasteiger partial charge in [0.2, 0.25) is 0 Å². The molecule has 2 rings (SSSR count). The second kappa shape index (κ2) is 7.67. The first-order valence-corrected chi connectivity index (χ1v) is 7.16. The van der Waals surface area contributed by atoms with Gasteiger partial charge in [-0.2, -0.15) is 0 Å². The van der Waals surface area contributed by atoms with Crippen molar-refractivity contribution < 1.29 is 34.7 Å². The topological polar surface area (TPSA) is 116 Å². The lowest BCUT2D eigenvalue weighted by Gasteiger charge is -2.38. The van der Waals surface area contributed by atoms with Crippen molar-refractivity contribution in [2.24, 2.45) is 0 Å². The number of carboxylic acids is 1. The Morgan fingerprint density at radius 3 is 2.43 bits per heavy atom.